The molecule has 0 aromatic heterocycles. The van der Waals surface area contributed by atoms with E-state index in [1.807, 2.05) is 30.4 Å². The van der Waals surface area contributed by atoms with Crippen molar-refractivity contribution < 1.29 is 19.1 Å². The first-order valence-electron chi connectivity index (χ1n) is 10.2. The normalized spacial score (nSPS) is 37.7. The van der Waals surface area contributed by atoms with E-state index in [9.17, 15) is 9.59 Å². The van der Waals surface area contributed by atoms with Crippen LogP contribution in [0.1, 0.15) is 6.42 Å². The van der Waals surface area contributed by atoms with Gasteiger partial charge in [-0.1, -0.05) is 36.1 Å². The minimum atomic E-state index is -0.470. The molecule has 5 rings (SSSR count). The minimum absolute atomic E-state index is 0.0219. The quantitative estimate of drug-likeness (QED) is 0.403. The predicted octanol–water partition coefficient (Wildman–Crippen LogP) is 1.52. The Morgan fingerprint density at radius 3 is 2.90 bits per heavy atom. The largest absolute Gasteiger partial charge is 0.453 e. The second-order valence-electron chi connectivity index (χ2n) is 8.17. The Kier molecular flexibility index (Phi) is 5.32. The molecule has 0 saturated carbocycles. The second kappa shape index (κ2) is 7.88. The van der Waals surface area contributed by atoms with E-state index in [2.05, 4.69) is 28.3 Å². The van der Waals surface area contributed by atoms with Gasteiger partial charge in [0.2, 0.25) is 0 Å². The first-order chi connectivity index (χ1) is 14.9. The van der Waals surface area contributed by atoms with Crippen LogP contribution in [0.25, 0.3) is 0 Å². The molecule has 31 heavy (non-hydrogen) atoms. The summed E-state index contributed by atoms with van der Waals surface area (Å²) in [5.74, 6) is -0.0311. The van der Waals surface area contributed by atoms with Crippen molar-refractivity contribution in [1.82, 2.24) is 20.4 Å². The average molecular weight is 464 g/mol. The molecular weight excluding hydrogens is 438 g/mol. The molecular formula is C20H25N5O4S2. The van der Waals surface area contributed by atoms with Crippen molar-refractivity contribution in [3.63, 3.8) is 0 Å². The van der Waals surface area contributed by atoms with Gasteiger partial charge in [-0.05, 0) is 12.5 Å². The van der Waals surface area contributed by atoms with Gasteiger partial charge in [0.15, 0.2) is 5.17 Å². The molecule has 4 aliphatic heterocycles. The van der Waals surface area contributed by atoms with Crippen LogP contribution in [-0.4, -0.2) is 83.6 Å². The van der Waals surface area contributed by atoms with Crippen LogP contribution in [0.4, 0.5) is 9.59 Å². The highest BCUT2D eigenvalue weighted by Gasteiger charge is 2.62. The highest BCUT2D eigenvalue weighted by molar-refractivity contribution is 8.14. The second-order valence-corrected chi connectivity index (χ2v) is 9.82. The number of hydrogen-bond acceptors (Lipinski definition) is 8. The smallest absolute Gasteiger partial charge is 0.410 e. The molecule has 0 aromatic rings. The van der Waals surface area contributed by atoms with Gasteiger partial charge in [0.25, 0.3) is 0 Å². The Hall–Kier alpha value is -1.95. The van der Waals surface area contributed by atoms with Crippen molar-refractivity contribution in [2.24, 2.45) is 10.9 Å². The number of rotatable bonds is 1. The van der Waals surface area contributed by atoms with Crippen molar-refractivity contribution >= 4 is 41.7 Å². The molecule has 5 unspecified atom stereocenters. The van der Waals surface area contributed by atoms with E-state index in [1.54, 1.807) is 16.9 Å². The summed E-state index contributed by atoms with van der Waals surface area (Å²) in [6, 6.07) is -0.426. The summed E-state index contributed by atoms with van der Waals surface area (Å²) < 4.78 is 10.3. The Bertz CT molecular complexity index is 921. The number of urea groups is 1. The maximum atomic E-state index is 13.3. The third-order valence-electron chi connectivity index (χ3n) is 6.66. The number of ether oxygens (including phenoxy) is 2. The Morgan fingerprint density at radius 2 is 2.19 bits per heavy atom. The zero-order chi connectivity index (χ0) is 21.8. The molecule has 2 fully saturated rings. The maximum Gasteiger partial charge on any atom is 0.410 e. The van der Waals surface area contributed by atoms with E-state index in [0.717, 1.165) is 11.3 Å². The number of fused-ring (bicyclic) bond motifs is 3. The fourth-order valence-electron chi connectivity index (χ4n) is 5.05. The Balaban J connectivity index is 1.33. The van der Waals surface area contributed by atoms with Gasteiger partial charge in [-0.3, -0.25) is 20.5 Å². The van der Waals surface area contributed by atoms with Crippen molar-refractivity contribution in [2.45, 2.75) is 35.6 Å². The van der Waals surface area contributed by atoms with Gasteiger partial charge in [-0.25, -0.2) is 9.59 Å². The number of amides is 3. The predicted molar refractivity (Wildman–Crippen MR) is 121 cm³/mol. The summed E-state index contributed by atoms with van der Waals surface area (Å²) in [4.78, 5) is 34.6. The number of nitrogens with zero attached hydrogens (tertiary/aromatic N) is 3. The highest BCUT2D eigenvalue weighted by atomic mass is 32.2. The number of hydrogen-bond donors (Lipinski definition) is 3. The molecule has 1 aliphatic carbocycles. The standard InChI is InChI=1S/C20H25N5O4S2/c1-28-15-6-4-13-16(22-15)31-17(21-13)23-18(26)24-10-20(7-8-25(20)19(27)29-2)12-9-11(30)3-5-14(12)24/h3-6,9,12-16,22,30H,7-8,10H2,1-2H3,(H,21,23,26)/t12?,13?,14?,15?,16?,20-/m1/s1. The number of nitrogens with one attached hydrogen (secondary N) is 2. The first kappa shape index (κ1) is 20.9. The lowest BCUT2D eigenvalue weighted by Gasteiger charge is -2.52. The zero-order valence-electron chi connectivity index (χ0n) is 17.2. The summed E-state index contributed by atoms with van der Waals surface area (Å²) in [7, 11) is 3.03. The lowest BCUT2D eigenvalue weighted by atomic mass is 9.73. The van der Waals surface area contributed by atoms with Crippen molar-refractivity contribution in [2.75, 3.05) is 27.3 Å². The monoisotopic (exact) mass is 463 g/mol. The van der Waals surface area contributed by atoms with Gasteiger partial charge in [-0.2, -0.15) is 0 Å². The molecule has 6 atom stereocenters. The van der Waals surface area contributed by atoms with Crippen LogP contribution in [-0.2, 0) is 9.47 Å². The number of allylic oxidation sites excluding steroid dienone is 1. The summed E-state index contributed by atoms with van der Waals surface area (Å²) in [5.41, 5.74) is -0.470. The maximum absolute atomic E-state index is 13.3. The molecule has 3 amide bonds. The van der Waals surface area contributed by atoms with Crippen LogP contribution >= 0.6 is 24.4 Å². The zero-order valence-corrected chi connectivity index (χ0v) is 18.9. The fourth-order valence-corrected chi connectivity index (χ4v) is 6.36. The molecule has 4 heterocycles. The molecule has 5 aliphatic rings. The molecule has 166 valence electrons. The Morgan fingerprint density at radius 1 is 1.35 bits per heavy atom. The van der Waals surface area contributed by atoms with Crippen molar-refractivity contribution in [3.8, 4) is 0 Å². The minimum Gasteiger partial charge on any atom is -0.453 e. The first-order valence-corrected chi connectivity index (χ1v) is 11.5. The number of aliphatic imine (C=N–C) groups is 1. The molecule has 0 radical (unpaired) electrons. The van der Waals surface area contributed by atoms with Gasteiger partial charge < -0.3 is 14.4 Å². The van der Waals surface area contributed by atoms with E-state index >= 15 is 0 Å². The lowest BCUT2D eigenvalue weighted by molar-refractivity contribution is -0.0159. The van der Waals surface area contributed by atoms with E-state index < -0.39 is 5.54 Å². The highest BCUT2D eigenvalue weighted by Crippen LogP contribution is 2.49. The molecule has 2 N–H and O–H groups in total. The van der Waals surface area contributed by atoms with Gasteiger partial charge in [0.05, 0.1) is 30.1 Å². The molecule has 11 heteroatoms. The Labute approximate surface area is 190 Å². The molecule has 0 aromatic carbocycles. The molecule has 9 nitrogen and oxygen atoms in total. The number of thioether (sulfide) groups is 1. The van der Waals surface area contributed by atoms with Gasteiger partial charge in [0.1, 0.15) is 6.23 Å². The summed E-state index contributed by atoms with van der Waals surface area (Å²) in [6.07, 6.45) is 10.2. The number of amidine groups is 1. The topological polar surface area (TPSA) is 95.5 Å². The van der Waals surface area contributed by atoms with E-state index in [1.165, 1.54) is 18.9 Å². The molecule has 0 bridgehead atoms. The van der Waals surface area contributed by atoms with E-state index in [0.29, 0.717) is 18.3 Å². The number of methoxy groups -OCH3 is 2. The van der Waals surface area contributed by atoms with E-state index in [-0.39, 0.29) is 41.7 Å². The van der Waals surface area contributed by atoms with E-state index in [4.69, 9.17) is 9.47 Å². The number of carbonyl (C=O) groups excluding carboxylic acids is 2. The number of thiol groups is 1. The fraction of sp³-hybridized carbons (Fsp3) is 0.550. The van der Waals surface area contributed by atoms with Crippen LogP contribution < -0.4 is 10.6 Å². The van der Waals surface area contributed by atoms with Crippen LogP contribution in [0.2, 0.25) is 0 Å². The third-order valence-corrected chi connectivity index (χ3v) is 8.06. The van der Waals surface area contributed by atoms with Crippen molar-refractivity contribution in [3.05, 3.63) is 35.3 Å². The van der Waals surface area contributed by atoms with Gasteiger partial charge >= 0.3 is 12.1 Å². The molecule has 1 spiro atoms. The summed E-state index contributed by atoms with van der Waals surface area (Å²) in [5, 5.41) is 6.91. The van der Waals surface area contributed by atoms with Crippen LogP contribution in [0.3, 0.4) is 0 Å². The summed E-state index contributed by atoms with van der Waals surface area (Å²) >= 11 is 5.98. The van der Waals surface area contributed by atoms with Crippen molar-refractivity contribution in [1.29, 1.82) is 0 Å². The van der Waals surface area contributed by atoms with Gasteiger partial charge in [0, 0.05) is 31.0 Å². The van der Waals surface area contributed by atoms with Gasteiger partial charge in [-0.15, -0.1) is 12.6 Å². The third kappa shape index (κ3) is 3.38. The van der Waals surface area contributed by atoms with Crippen LogP contribution in [0.5, 0.6) is 0 Å². The SMILES string of the molecule is COC(=O)N1CC[C@]12CN(C(=O)NC1=NC3C=CC(OC)NC3S1)C1C=CC(S)=CC12. The number of carbonyl (C=O) groups is 2. The van der Waals surface area contributed by atoms with Crippen LogP contribution in [0, 0.1) is 5.92 Å². The number of likely N-dealkylation sites (tertiary alicyclic amines) is 2. The average Bonchev–Trinajstić information content (AvgIpc) is 3.31. The molecule has 2 saturated heterocycles. The summed E-state index contributed by atoms with van der Waals surface area (Å²) in [6.45, 7) is 1.05. The van der Waals surface area contributed by atoms with Crippen LogP contribution in [0.15, 0.2) is 40.3 Å². The lowest BCUT2D eigenvalue weighted by Crippen LogP contribution is -2.66.